The third-order valence-corrected chi connectivity index (χ3v) is 4.41. The Hall–Kier alpha value is -3.74. The molecule has 0 aromatic heterocycles. The molecule has 1 atom stereocenters. The van der Waals surface area contributed by atoms with Gasteiger partial charge in [0.1, 0.15) is 11.3 Å². The van der Waals surface area contributed by atoms with Gasteiger partial charge in [-0.25, -0.2) is 4.79 Å². The number of carbonyl (C=O) groups excluding carboxylic acids is 2. The molecule has 0 saturated carbocycles. The molecule has 0 fully saturated rings. The Bertz CT molecular complexity index is 1080. The van der Waals surface area contributed by atoms with E-state index < -0.39 is 18.0 Å². The number of amides is 1. The van der Waals surface area contributed by atoms with Gasteiger partial charge in [0.05, 0.1) is 0 Å². The highest BCUT2D eigenvalue weighted by atomic mass is 16.7. The number of carbonyl (C=O) groups is 2. The predicted molar refractivity (Wildman–Crippen MR) is 102 cm³/mol. The number of esters is 1. The molecule has 28 heavy (non-hydrogen) atoms. The SMILES string of the molecule is CC(OC(=O)c1ccc2ccccc2c1O)C(=O)Nc1ccc2c(c1)OCO2. The molecule has 0 spiro atoms. The van der Waals surface area contributed by atoms with E-state index in [0.29, 0.717) is 22.6 Å². The average molecular weight is 379 g/mol. The fourth-order valence-electron chi connectivity index (χ4n) is 2.92. The number of phenolic OH excluding ortho intramolecular Hbond substituents is 1. The zero-order chi connectivity index (χ0) is 19.7. The molecule has 1 heterocycles. The number of aromatic hydroxyl groups is 1. The van der Waals surface area contributed by atoms with Crippen molar-refractivity contribution in [2.45, 2.75) is 13.0 Å². The zero-order valence-corrected chi connectivity index (χ0v) is 15.0. The Kier molecular flexibility index (Phi) is 4.49. The van der Waals surface area contributed by atoms with Crippen LogP contribution in [0.5, 0.6) is 17.2 Å². The number of hydrogen-bond acceptors (Lipinski definition) is 6. The molecule has 2 N–H and O–H groups in total. The van der Waals surface area contributed by atoms with Gasteiger partial charge in [0, 0.05) is 17.1 Å². The summed E-state index contributed by atoms with van der Waals surface area (Å²) in [5, 5.41) is 14.4. The van der Waals surface area contributed by atoms with Gasteiger partial charge >= 0.3 is 5.97 Å². The Morgan fingerprint density at radius 1 is 1.07 bits per heavy atom. The molecular formula is C21H17NO6. The van der Waals surface area contributed by atoms with Gasteiger partial charge < -0.3 is 24.6 Å². The largest absolute Gasteiger partial charge is 0.506 e. The highest BCUT2D eigenvalue weighted by Crippen LogP contribution is 2.34. The predicted octanol–water partition coefficient (Wildman–Crippen LogP) is 3.46. The van der Waals surface area contributed by atoms with Gasteiger partial charge in [-0.05, 0) is 30.5 Å². The summed E-state index contributed by atoms with van der Waals surface area (Å²) in [6.45, 7) is 1.59. The molecule has 1 unspecified atom stereocenters. The number of rotatable bonds is 4. The standard InChI is InChI=1S/C21H17NO6/c1-12(20(24)22-14-7-9-17-18(10-14)27-11-26-17)28-21(25)16-8-6-13-4-2-3-5-15(13)19(16)23/h2-10,12,23H,11H2,1H3,(H,22,24). The highest BCUT2D eigenvalue weighted by Gasteiger charge is 2.22. The van der Waals surface area contributed by atoms with Crippen molar-refractivity contribution in [3.05, 3.63) is 60.2 Å². The second-order valence-electron chi connectivity index (χ2n) is 6.29. The van der Waals surface area contributed by atoms with Crippen molar-refractivity contribution in [2.24, 2.45) is 0 Å². The smallest absolute Gasteiger partial charge is 0.342 e. The Morgan fingerprint density at radius 2 is 1.86 bits per heavy atom. The molecule has 3 aromatic rings. The summed E-state index contributed by atoms with van der Waals surface area (Å²) >= 11 is 0. The van der Waals surface area contributed by atoms with Crippen molar-refractivity contribution in [3.63, 3.8) is 0 Å². The number of nitrogens with one attached hydrogen (secondary N) is 1. The van der Waals surface area contributed by atoms with E-state index in [4.69, 9.17) is 14.2 Å². The Labute approximate surface area is 160 Å². The summed E-state index contributed by atoms with van der Waals surface area (Å²) in [6.07, 6.45) is -1.07. The third kappa shape index (κ3) is 3.29. The lowest BCUT2D eigenvalue weighted by Crippen LogP contribution is -2.30. The first kappa shape index (κ1) is 17.7. The molecule has 7 nitrogen and oxygen atoms in total. The van der Waals surface area contributed by atoms with Crippen LogP contribution in [-0.4, -0.2) is 29.9 Å². The molecule has 0 saturated heterocycles. The van der Waals surface area contributed by atoms with Crippen molar-refractivity contribution in [3.8, 4) is 17.2 Å². The Morgan fingerprint density at radius 3 is 2.71 bits per heavy atom. The van der Waals surface area contributed by atoms with Crippen molar-refractivity contribution in [1.82, 2.24) is 0 Å². The summed E-state index contributed by atoms with van der Waals surface area (Å²) in [5.74, 6) is -0.330. The monoisotopic (exact) mass is 379 g/mol. The average Bonchev–Trinajstić information content (AvgIpc) is 3.16. The quantitative estimate of drug-likeness (QED) is 0.674. The van der Waals surface area contributed by atoms with Crippen LogP contribution in [0.3, 0.4) is 0 Å². The lowest BCUT2D eigenvalue weighted by atomic mass is 10.1. The van der Waals surface area contributed by atoms with E-state index in [-0.39, 0.29) is 18.1 Å². The molecule has 7 heteroatoms. The van der Waals surface area contributed by atoms with Crippen LogP contribution in [0, 0.1) is 0 Å². The van der Waals surface area contributed by atoms with Crippen LogP contribution >= 0.6 is 0 Å². The first-order valence-corrected chi connectivity index (χ1v) is 8.65. The van der Waals surface area contributed by atoms with Gasteiger partial charge in [-0.15, -0.1) is 0 Å². The van der Waals surface area contributed by atoms with E-state index in [0.717, 1.165) is 5.39 Å². The van der Waals surface area contributed by atoms with Gasteiger partial charge in [-0.2, -0.15) is 0 Å². The molecule has 1 aliphatic heterocycles. The minimum absolute atomic E-state index is 0.00132. The fourth-order valence-corrected chi connectivity index (χ4v) is 2.92. The summed E-state index contributed by atoms with van der Waals surface area (Å²) in [7, 11) is 0. The van der Waals surface area contributed by atoms with E-state index in [1.165, 1.54) is 13.0 Å². The summed E-state index contributed by atoms with van der Waals surface area (Å²) in [5.41, 5.74) is 0.493. The van der Waals surface area contributed by atoms with Gasteiger partial charge in [0.25, 0.3) is 5.91 Å². The van der Waals surface area contributed by atoms with Gasteiger partial charge in [0.15, 0.2) is 17.6 Å². The number of hydrogen-bond donors (Lipinski definition) is 2. The molecule has 0 bridgehead atoms. The van der Waals surface area contributed by atoms with E-state index >= 15 is 0 Å². The molecule has 142 valence electrons. The summed E-state index contributed by atoms with van der Waals surface area (Å²) < 4.78 is 15.7. The number of benzene rings is 3. The number of phenols is 1. The van der Waals surface area contributed by atoms with Crippen molar-refractivity contribution < 1.29 is 28.9 Å². The van der Waals surface area contributed by atoms with E-state index in [9.17, 15) is 14.7 Å². The van der Waals surface area contributed by atoms with Gasteiger partial charge in [-0.3, -0.25) is 4.79 Å². The maximum atomic E-state index is 12.4. The zero-order valence-electron chi connectivity index (χ0n) is 15.0. The lowest BCUT2D eigenvalue weighted by molar-refractivity contribution is -0.123. The van der Waals surface area contributed by atoms with E-state index in [2.05, 4.69) is 5.32 Å². The molecule has 1 aliphatic rings. The van der Waals surface area contributed by atoms with Gasteiger partial charge in [0.2, 0.25) is 6.79 Å². The lowest BCUT2D eigenvalue weighted by Gasteiger charge is -2.15. The van der Waals surface area contributed by atoms with E-state index in [1.807, 2.05) is 12.1 Å². The minimum atomic E-state index is -1.07. The molecule has 4 rings (SSSR count). The second-order valence-corrected chi connectivity index (χ2v) is 6.29. The van der Waals surface area contributed by atoms with Crippen molar-refractivity contribution in [1.29, 1.82) is 0 Å². The van der Waals surface area contributed by atoms with Crippen LogP contribution in [-0.2, 0) is 9.53 Å². The van der Waals surface area contributed by atoms with Crippen LogP contribution in [0.25, 0.3) is 10.8 Å². The molecule has 0 radical (unpaired) electrons. The molecule has 0 aliphatic carbocycles. The number of anilines is 1. The first-order valence-electron chi connectivity index (χ1n) is 8.65. The van der Waals surface area contributed by atoms with Crippen molar-refractivity contribution in [2.75, 3.05) is 12.1 Å². The highest BCUT2D eigenvalue weighted by molar-refractivity contribution is 6.02. The van der Waals surface area contributed by atoms with Crippen LogP contribution in [0.4, 0.5) is 5.69 Å². The van der Waals surface area contributed by atoms with Crippen LogP contribution in [0.1, 0.15) is 17.3 Å². The fraction of sp³-hybridized carbons (Fsp3) is 0.143. The second kappa shape index (κ2) is 7.11. The summed E-state index contributed by atoms with van der Waals surface area (Å²) in [6, 6.07) is 15.3. The Balaban J connectivity index is 1.45. The molecular weight excluding hydrogens is 362 g/mol. The van der Waals surface area contributed by atoms with Crippen LogP contribution in [0.15, 0.2) is 54.6 Å². The topological polar surface area (TPSA) is 94.1 Å². The molecule has 1 amide bonds. The minimum Gasteiger partial charge on any atom is -0.506 e. The van der Waals surface area contributed by atoms with Crippen LogP contribution < -0.4 is 14.8 Å². The van der Waals surface area contributed by atoms with Crippen molar-refractivity contribution >= 4 is 28.3 Å². The van der Waals surface area contributed by atoms with E-state index in [1.54, 1.807) is 36.4 Å². The summed E-state index contributed by atoms with van der Waals surface area (Å²) in [4.78, 5) is 24.8. The third-order valence-electron chi connectivity index (χ3n) is 4.41. The normalized spacial score (nSPS) is 13.2. The number of ether oxygens (including phenoxy) is 3. The molecule has 3 aromatic carbocycles. The number of fused-ring (bicyclic) bond motifs is 2. The van der Waals surface area contributed by atoms with Crippen LogP contribution in [0.2, 0.25) is 0 Å². The first-order chi connectivity index (χ1) is 13.5. The maximum Gasteiger partial charge on any atom is 0.342 e. The van der Waals surface area contributed by atoms with Gasteiger partial charge in [-0.1, -0.05) is 30.3 Å². The maximum absolute atomic E-state index is 12.4.